The number of carbonyl (C=O) groups excluding carboxylic acids is 10. The Morgan fingerprint density at radius 1 is 0.370 bits per heavy atom. The Kier molecular flexibility index (Phi) is 25.0. The highest BCUT2D eigenvalue weighted by Crippen LogP contribution is 2.26. The number of anilines is 2. The Morgan fingerprint density at radius 2 is 0.679 bits per heavy atom. The highest BCUT2D eigenvalue weighted by atomic mass is 16.6. The topological polar surface area (TPSA) is 285 Å². The summed E-state index contributed by atoms with van der Waals surface area (Å²) in [5, 5.41) is 0. The Bertz CT molecular complexity index is 2720. The van der Waals surface area contributed by atoms with Crippen molar-refractivity contribution in [1.29, 1.82) is 0 Å². The number of hydrogen-bond donors (Lipinski definition) is 2. The molecule has 4 aromatic carbocycles. The quantitative estimate of drug-likeness (QED) is 0.0165. The maximum Gasteiger partial charge on any atom is 0.346 e. The minimum Gasteiger partial charge on any atom is -0.462 e. The van der Waals surface area contributed by atoms with E-state index in [0.29, 0.717) is 44.1 Å². The molecule has 0 saturated heterocycles. The summed E-state index contributed by atoms with van der Waals surface area (Å²) in [5.41, 5.74) is 14.7. The van der Waals surface area contributed by atoms with Crippen LogP contribution in [-0.4, -0.2) is 112 Å². The van der Waals surface area contributed by atoms with E-state index >= 15 is 0 Å². The molecule has 0 fully saturated rings. The molecule has 4 aliphatic heterocycles. The zero-order chi connectivity index (χ0) is 57.9. The molecule has 81 heavy (non-hydrogen) atoms. The van der Waals surface area contributed by atoms with Crippen molar-refractivity contribution in [2.75, 3.05) is 62.5 Å². The number of imide groups is 2. The van der Waals surface area contributed by atoms with E-state index in [0.717, 1.165) is 137 Å². The molecule has 4 aromatic rings. The van der Waals surface area contributed by atoms with Gasteiger partial charge in [-0.1, -0.05) is 75.6 Å². The molecule has 0 aliphatic carbocycles. The summed E-state index contributed by atoms with van der Waals surface area (Å²) in [6.07, 6.45) is 19.6. The summed E-state index contributed by atoms with van der Waals surface area (Å²) < 4.78 is 30.3. The van der Waals surface area contributed by atoms with Gasteiger partial charge >= 0.3 is 35.8 Å². The number of rotatable bonds is 30. The van der Waals surface area contributed by atoms with Crippen molar-refractivity contribution >= 4 is 70.8 Å². The van der Waals surface area contributed by atoms with Crippen molar-refractivity contribution in [1.82, 2.24) is 0 Å². The van der Waals surface area contributed by atoms with Gasteiger partial charge in [-0.3, -0.25) is 19.2 Å². The fourth-order valence-electron chi connectivity index (χ4n) is 8.59. The van der Waals surface area contributed by atoms with Crippen LogP contribution in [0.1, 0.15) is 163 Å². The second-order valence-corrected chi connectivity index (χ2v) is 19.1. The van der Waals surface area contributed by atoms with Crippen molar-refractivity contribution in [2.45, 2.75) is 96.3 Å². The Morgan fingerprint density at radius 3 is 1.02 bits per heavy atom. The molecule has 0 atom stereocenters. The van der Waals surface area contributed by atoms with Crippen LogP contribution >= 0.6 is 0 Å². The van der Waals surface area contributed by atoms with Crippen LogP contribution in [0.4, 0.5) is 11.4 Å². The molecule has 0 radical (unpaired) electrons. The second kappa shape index (κ2) is 32.7. The van der Waals surface area contributed by atoms with Gasteiger partial charge in [0, 0.05) is 50.7 Å². The van der Waals surface area contributed by atoms with E-state index in [9.17, 15) is 47.9 Å². The molecule has 0 spiro atoms. The molecule has 8 rings (SSSR count). The van der Waals surface area contributed by atoms with E-state index in [4.69, 9.17) is 30.4 Å². The highest BCUT2D eigenvalue weighted by Gasteiger charge is 2.32. The van der Waals surface area contributed by atoms with Crippen LogP contribution in [0.25, 0.3) is 0 Å². The molecule has 428 valence electrons. The maximum absolute atomic E-state index is 12.2. The highest BCUT2D eigenvalue weighted by molar-refractivity contribution is 6.29. The van der Waals surface area contributed by atoms with E-state index in [-0.39, 0.29) is 57.0 Å². The zero-order valence-corrected chi connectivity index (χ0v) is 45.2. The van der Waals surface area contributed by atoms with E-state index in [1.807, 2.05) is 24.3 Å². The Balaban J connectivity index is 0.000000221. The number of amides is 4. The normalized spacial score (nSPS) is 13.9. The van der Waals surface area contributed by atoms with Crippen molar-refractivity contribution < 1.29 is 76.4 Å². The SMILES string of the molecule is NCCCOCCCCOCCCN.O=C(OCCCCCCCCCCCCOC(=O)c1ccc2c(c1)C(=O)OC2=O)c1ccc2c(c1)C(=O)OC2=O.O=C1C=CC(=O)N1c1ccc(Cc2ccc(N3C(=O)C=CC3=O)cc2)cc1. The summed E-state index contributed by atoms with van der Waals surface area (Å²) in [7, 11) is 0. The van der Waals surface area contributed by atoms with Gasteiger partial charge in [0.2, 0.25) is 0 Å². The van der Waals surface area contributed by atoms with Gasteiger partial charge in [0.25, 0.3) is 23.6 Å². The minimum atomic E-state index is -0.751. The number of carbonyl (C=O) groups is 10. The third kappa shape index (κ3) is 18.9. The number of nitrogens with zero attached hydrogens (tertiary/aromatic N) is 2. The van der Waals surface area contributed by atoms with Gasteiger partial charge < -0.3 is 39.9 Å². The fraction of sp³-hybridized carbons (Fsp3) is 0.377. The first-order valence-electron chi connectivity index (χ1n) is 27.3. The van der Waals surface area contributed by atoms with Crippen molar-refractivity contribution in [3.05, 3.63) is 154 Å². The molecular weight excluding hydrogens is 1040 g/mol. The van der Waals surface area contributed by atoms with Crippen LogP contribution in [0.15, 0.2) is 109 Å². The molecule has 4 heterocycles. The first-order chi connectivity index (χ1) is 39.3. The van der Waals surface area contributed by atoms with Crippen LogP contribution in [0.2, 0.25) is 0 Å². The predicted octanol–water partition coefficient (Wildman–Crippen LogP) is 7.86. The summed E-state index contributed by atoms with van der Waals surface area (Å²) in [6.45, 7) is 5.21. The average Bonchev–Trinajstić information content (AvgIpc) is 4.20. The van der Waals surface area contributed by atoms with Gasteiger partial charge in [0.05, 0.1) is 58.0 Å². The Labute approximate surface area is 469 Å². The monoisotopic (exact) mass is 1110 g/mol. The molecule has 0 bridgehead atoms. The van der Waals surface area contributed by atoms with Gasteiger partial charge in [-0.15, -0.1) is 0 Å². The van der Waals surface area contributed by atoms with Gasteiger partial charge in [0.1, 0.15) is 0 Å². The zero-order valence-electron chi connectivity index (χ0n) is 45.2. The average molecular weight is 1110 g/mol. The Hall–Kier alpha value is -8.30. The van der Waals surface area contributed by atoms with E-state index < -0.39 is 35.8 Å². The van der Waals surface area contributed by atoms with Crippen LogP contribution in [0.3, 0.4) is 0 Å². The van der Waals surface area contributed by atoms with Gasteiger partial charge in [-0.25, -0.2) is 38.6 Å². The summed E-state index contributed by atoms with van der Waals surface area (Å²) in [6, 6.07) is 22.8. The van der Waals surface area contributed by atoms with Gasteiger partial charge in [-0.05, 0) is 130 Å². The molecule has 20 nitrogen and oxygen atoms in total. The van der Waals surface area contributed by atoms with Crippen molar-refractivity contribution in [3.63, 3.8) is 0 Å². The number of fused-ring (bicyclic) bond motifs is 2. The molecule has 4 amide bonds. The summed E-state index contributed by atoms with van der Waals surface area (Å²) >= 11 is 0. The third-order valence-electron chi connectivity index (χ3n) is 13.0. The number of cyclic esters (lactones) is 4. The predicted molar refractivity (Wildman–Crippen MR) is 296 cm³/mol. The van der Waals surface area contributed by atoms with E-state index in [1.54, 1.807) is 24.3 Å². The van der Waals surface area contributed by atoms with Crippen LogP contribution < -0.4 is 21.3 Å². The largest absolute Gasteiger partial charge is 0.462 e. The lowest BCUT2D eigenvalue weighted by Crippen LogP contribution is -2.29. The fourth-order valence-corrected chi connectivity index (χ4v) is 8.59. The van der Waals surface area contributed by atoms with Crippen LogP contribution in [0, 0.1) is 0 Å². The summed E-state index contributed by atoms with van der Waals surface area (Å²) in [4.78, 5) is 120. The first kappa shape index (κ1) is 61.9. The van der Waals surface area contributed by atoms with Gasteiger partial charge in [-0.2, -0.15) is 0 Å². The van der Waals surface area contributed by atoms with Crippen molar-refractivity contribution in [2.24, 2.45) is 11.5 Å². The number of hydrogen-bond acceptors (Lipinski definition) is 18. The number of nitrogens with two attached hydrogens (primary N) is 2. The third-order valence-corrected chi connectivity index (χ3v) is 13.0. The standard InChI is InChI=1S/C30H30O10.C21H14N2O4.C10H24N2O2/c31-25(19-11-13-21-23(17-19)29(35)39-27(21)33)37-15-9-7-5-3-1-2-4-6-8-10-16-38-26(32)20-12-14-22-24(18-20)30(36)40-28(22)34;24-18-9-10-19(25)22(18)16-5-1-14(2-6-16)13-15-3-7-17(8-4-15)23-20(26)11-12-21(23)27;11-5-3-9-13-7-1-2-8-14-10-4-6-12/h11-14,17-18H,1-10,15-16H2;1-12H,13H2;1-12H2. The maximum atomic E-state index is 12.2. The lowest BCUT2D eigenvalue weighted by Gasteiger charge is -2.15. The molecule has 4 aliphatic rings. The number of unbranched alkanes of at least 4 members (excludes halogenated alkanes) is 10. The van der Waals surface area contributed by atoms with Crippen molar-refractivity contribution in [3.8, 4) is 0 Å². The first-order valence-corrected chi connectivity index (χ1v) is 27.3. The lowest BCUT2D eigenvalue weighted by molar-refractivity contribution is -0.121. The molecule has 0 unspecified atom stereocenters. The molecule has 4 N–H and O–H groups in total. The second-order valence-electron chi connectivity index (χ2n) is 19.1. The van der Waals surface area contributed by atoms with E-state index in [1.165, 1.54) is 60.7 Å². The van der Waals surface area contributed by atoms with Crippen LogP contribution in [0.5, 0.6) is 0 Å². The number of esters is 6. The van der Waals surface area contributed by atoms with Gasteiger partial charge in [0.15, 0.2) is 0 Å². The number of benzene rings is 4. The molecule has 0 aromatic heterocycles. The summed E-state index contributed by atoms with van der Waals surface area (Å²) in [5.74, 6) is -5.35. The molecular formula is C61H68N4O16. The molecule has 20 heteroatoms. The lowest BCUT2D eigenvalue weighted by atomic mass is 10.0. The smallest absolute Gasteiger partial charge is 0.346 e. The van der Waals surface area contributed by atoms with E-state index in [2.05, 4.69) is 9.47 Å². The van der Waals surface area contributed by atoms with Crippen LogP contribution in [-0.2, 0) is 54.0 Å². The minimum absolute atomic E-state index is 0.0877. The molecule has 0 saturated carbocycles. The number of ether oxygens (including phenoxy) is 6.